The molecule has 13 nitrogen and oxygen atoms in total. The number of aliphatic hydroxyl groups excluding tert-OH is 2. The first-order valence-corrected chi connectivity index (χ1v) is 36.0. The van der Waals surface area contributed by atoms with Crippen LogP contribution in [0.2, 0.25) is 0 Å². The molecule has 6 aromatic carbocycles. The van der Waals surface area contributed by atoms with E-state index in [1.807, 2.05) is 139 Å². The molecule has 0 heterocycles. The summed E-state index contributed by atoms with van der Waals surface area (Å²) in [5, 5.41) is 42.5. The Hall–Kier alpha value is -6.84. The van der Waals surface area contributed by atoms with Gasteiger partial charge in [-0.2, -0.15) is 0 Å². The molecule has 0 radical (unpaired) electrons. The maximum absolute atomic E-state index is 12.3. The lowest BCUT2D eigenvalue weighted by Gasteiger charge is -2.34. The summed E-state index contributed by atoms with van der Waals surface area (Å²) < 4.78 is 40.4. The third-order valence-electron chi connectivity index (χ3n) is 19.7. The second kappa shape index (κ2) is 33.9. The van der Waals surface area contributed by atoms with Crippen LogP contribution in [0.25, 0.3) is 0 Å². The molecule has 6 aromatic rings. The minimum atomic E-state index is -2.96. The molecule has 0 aliphatic carbocycles. The average molecular weight is 1330 g/mol. The van der Waals surface area contributed by atoms with E-state index < -0.39 is 39.4 Å². The van der Waals surface area contributed by atoms with Crippen LogP contribution < -0.4 is 19.5 Å². The van der Waals surface area contributed by atoms with Crippen LogP contribution in [0, 0.1) is 57.8 Å². The molecule has 5 N–H and O–H groups in total. The van der Waals surface area contributed by atoms with Gasteiger partial charge >= 0.3 is 11.9 Å². The number of carbonyl (C=O) groups excluding carboxylic acids is 1. The predicted octanol–water partition coefficient (Wildman–Crippen LogP) is 17.3. The fourth-order valence-electron chi connectivity index (χ4n) is 12.3. The molecule has 0 unspecified atom stereocenters. The molecule has 0 spiro atoms. The Kier molecular flexibility index (Phi) is 28.8. The van der Waals surface area contributed by atoms with Crippen molar-refractivity contribution in [1.82, 2.24) is 5.32 Å². The molecule has 0 saturated carbocycles. The lowest BCUT2D eigenvalue weighted by Crippen LogP contribution is -2.32. The summed E-state index contributed by atoms with van der Waals surface area (Å²) in [4.78, 5) is 35.1. The van der Waals surface area contributed by atoms with E-state index in [9.17, 15) is 43.2 Å². The molecule has 0 aliphatic rings. The van der Waals surface area contributed by atoms with Gasteiger partial charge in [0, 0.05) is 41.0 Å². The molecule has 522 valence electrons. The van der Waals surface area contributed by atoms with Gasteiger partial charge in [0.2, 0.25) is 0 Å². The molecule has 0 saturated heterocycles. The number of aliphatic hydroxyl groups is 2. The van der Waals surface area contributed by atoms with E-state index >= 15 is 0 Å². The first-order valence-electron chi connectivity index (χ1n) is 33.9. The Morgan fingerprint density at radius 3 is 1.00 bits per heavy atom. The number of carbonyl (C=O) groups is 3. The highest BCUT2D eigenvalue weighted by Crippen LogP contribution is 2.44. The molecule has 0 amide bonds. The second-order valence-electron chi connectivity index (χ2n) is 29.3. The van der Waals surface area contributed by atoms with Gasteiger partial charge in [-0.1, -0.05) is 183 Å². The fourth-order valence-corrected chi connectivity index (χ4v) is 12.8. The number of nitrogens with one attached hydrogen (secondary N) is 1. The van der Waals surface area contributed by atoms with Gasteiger partial charge in [-0.15, -0.1) is 0 Å². The number of ketones is 1. The van der Waals surface area contributed by atoms with E-state index in [0.717, 1.165) is 94.7 Å². The number of benzene rings is 6. The zero-order valence-electron chi connectivity index (χ0n) is 61.5. The van der Waals surface area contributed by atoms with Crippen LogP contribution in [0.3, 0.4) is 0 Å². The largest absolute Gasteiger partial charge is 0.491 e. The number of ether oxygens (including phenoxy) is 3. The topological polar surface area (TPSA) is 206 Å². The van der Waals surface area contributed by atoms with Crippen molar-refractivity contribution in [2.24, 2.45) is 16.2 Å². The third kappa shape index (κ3) is 20.8. The van der Waals surface area contributed by atoms with Crippen LogP contribution in [0.4, 0.5) is 0 Å². The second-order valence-corrected chi connectivity index (χ2v) is 31.5. The minimum Gasteiger partial charge on any atom is -0.491 e. The Morgan fingerprint density at radius 2 is 0.737 bits per heavy atom. The van der Waals surface area contributed by atoms with E-state index in [4.69, 9.17) is 14.2 Å². The highest BCUT2D eigenvalue weighted by Gasteiger charge is 2.35. The van der Waals surface area contributed by atoms with Crippen molar-refractivity contribution < 1.29 is 57.4 Å². The fraction of sp³-hybridized carbons (Fsp3) is 0.519. The zero-order valence-corrected chi connectivity index (χ0v) is 62.3. The lowest BCUT2D eigenvalue weighted by atomic mass is 9.70. The van der Waals surface area contributed by atoms with E-state index in [1.54, 1.807) is 12.1 Å². The first kappa shape index (κ1) is 80.6. The molecule has 14 heteroatoms. The summed E-state index contributed by atoms with van der Waals surface area (Å²) in [5.41, 5.74) is 13.5. The molecule has 2 atom stereocenters. The minimum absolute atomic E-state index is 0.0786. The average Bonchev–Trinajstić information content (AvgIpc) is 0.785. The van der Waals surface area contributed by atoms with Gasteiger partial charge in [0.05, 0.1) is 29.1 Å². The highest BCUT2D eigenvalue weighted by molar-refractivity contribution is 7.90. The van der Waals surface area contributed by atoms with Crippen molar-refractivity contribution in [1.29, 1.82) is 0 Å². The van der Waals surface area contributed by atoms with E-state index in [-0.39, 0.29) is 58.4 Å². The zero-order chi connectivity index (χ0) is 71.8. The van der Waals surface area contributed by atoms with Gasteiger partial charge in [0.15, 0.2) is 5.78 Å². The van der Waals surface area contributed by atoms with Gasteiger partial charge in [0.25, 0.3) is 0 Å². The summed E-state index contributed by atoms with van der Waals surface area (Å²) in [6, 6.07) is 36.8. The van der Waals surface area contributed by atoms with Gasteiger partial charge in [0.1, 0.15) is 46.9 Å². The summed E-state index contributed by atoms with van der Waals surface area (Å²) in [5.74, 6) is 0.737. The van der Waals surface area contributed by atoms with E-state index in [0.29, 0.717) is 24.2 Å². The van der Waals surface area contributed by atoms with Gasteiger partial charge in [-0.05, 0) is 194 Å². The van der Waals surface area contributed by atoms with E-state index in [2.05, 4.69) is 108 Å². The van der Waals surface area contributed by atoms with Crippen molar-refractivity contribution in [2.45, 2.75) is 219 Å². The number of carboxylic acid groups (broad SMARTS) is 2. The summed E-state index contributed by atoms with van der Waals surface area (Å²) in [7, 11) is -2.96. The normalized spacial score (nSPS) is 13.0. The number of carboxylic acids is 2. The Bertz CT molecular complexity index is 3510. The molecule has 95 heavy (non-hydrogen) atoms. The molecule has 0 bridgehead atoms. The van der Waals surface area contributed by atoms with Crippen LogP contribution in [0.1, 0.15) is 235 Å². The van der Waals surface area contributed by atoms with Crippen molar-refractivity contribution in [2.75, 3.05) is 38.4 Å². The van der Waals surface area contributed by atoms with Crippen LogP contribution in [0.15, 0.2) is 109 Å². The Balaban J connectivity index is 0.000000305. The Morgan fingerprint density at radius 1 is 0.442 bits per heavy atom. The molecular formula is C81H115NO12S. The molecule has 0 aliphatic heterocycles. The van der Waals surface area contributed by atoms with Gasteiger partial charge in [-0.25, -0.2) is 18.0 Å². The van der Waals surface area contributed by atoms with Crippen molar-refractivity contribution in [3.05, 3.63) is 193 Å². The van der Waals surface area contributed by atoms with Crippen molar-refractivity contribution in [3.63, 3.8) is 0 Å². The van der Waals surface area contributed by atoms with Crippen LogP contribution in [-0.4, -0.2) is 97.1 Å². The standard InChI is InChI=1S/C29H43NO4S.2C26H36O4/c1-9-29(10-2,24-12-11-23(21(3)17-24)19-30-15-16-35(8,32)33)25-13-14-26(22(4)18-25)34-20-27(31)28(5,6)7;2*1-8-26(9-2,19-10-12-21(24(28)29)17(3)14-19)20-11-13-22(18(4)15-20)30-16-23(27)25(5,6)7/h11-14,17-18,30H,9-10,15-16,19-20H2,1-8H3;2*10-15,23,27H,8-9,16H2,1-7H3,(H,28,29)/t;2*23-/m.10/s1. The van der Waals surface area contributed by atoms with E-state index in [1.165, 1.54) is 39.6 Å². The highest BCUT2D eigenvalue weighted by atomic mass is 32.2. The van der Waals surface area contributed by atoms with Gasteiger partial charge in [-0.3, -0.25) is 4.79 Å². The number of hydrogen-bond acceptors (Lipinski definition) is 11. The quantitative estimate of drug-likeness (QED) is 0.0290. The summed E-state index contributed by atoms with van der Waals surface area (Å²) in [6.07, 6.45) is 5.68. The number of Topliss-reactive ketones (excluding diaryl/α,β-unsaturated/α-hetero) is 1. The van der Waals surface area contributed by atoms with Crippen molar-refractivity contribution >= 4 is 27.6 Å². The number of hydrogen-bond donors (Lipinski definition) is 5. The van der Waals surface area contributed by atoms with Crippen LogP contribution in [0.5, 0.6) is 17.2 Å². The molecular weight excluding hydrogens is 1210 g/mol. The predicted molar refractivity (Wildman–Crippen MR) is 388 cm³/mol. The first-order chi connectivity index (χ1) is 44.1. The maximum atomic E-state index is 12.3. The number of aromatic carboxylic acids is 2. The summed E-state index contributed by atoms with van der Waals surface area (Å²) >= 11 is 0. The van der Waals surface area contributed by atoms with Crippen molar-refractivity contribution in [3.8, 4) is 17.2 Å². The maximum Gasteiger partial charge on any atom is 0.335 e. The monoisotopic (exact) mass is 1330 g/mol. The third-order valence-corrected chi connectivity index (χ3v) is 20.6. The molecule has 0 aromatic heterocycles. The van der Waals surface area contributed by atoms with Crippen LogP contribution in [-0.2, 0) is 37.4 Å². The van der Waals surface area contributed by atoms with Crippen LogP contribution >= 0.6 is 0 Å². The molecule has 0 fully saturated rings. The summed E-state index contributed by atoms with van der Waals surface area (Å²) in [6.45, 7) is 44.4. The Labute approximate surface area is 570 Å². The van der Waals surface area contributed by atoms with Gasteiger partial charge < -0.3 is 40.0 Å². The number of aryl methyl sites for hydroxylation is 6. The number of sulfone groups is 1. The SMILES string of the molecule is CCC(CC)(c1ccc(CNCCS(C)(=O)=O)c(C)c1)c1ccc(OCC(=O)C(C)(C)C)c(C)c1.CCC(CC)(c1ccc(OC[C@@H](O)C(C)(C)C)c(C)c1)c1ccc(C(=O)O)c(C)c1.CCC(CC)(c1ccc(OC[C@H](O)C(C)(C)C)c(C)c1)c1ccc(C(=O)O)c(C)c1. The lowest BCUT2D eigenvalue weighted by molar-refractivity contribution is -0.128. The smallest absolute Gasteiger partial charge is 0.335 e. The number of rotatable bonds is 28. The molecule has 6 rings (SSSR count).